The van der Waals surface area contributed by atoms with E-state index in [4.69, 9.17) is 11.6 Å². The molecule has 0 saturated carbocycles. The Balaban J connectivity index is 2.16. The van der Waals surface area contributed by atoms with Gasteiger partial charge in [-0.2, -0.15) is 0 Å². The summed E-state index contributed by atoms with van der Waals surface area (Å²) in [6, 6.07) is 17.7. The molecule has 5 heteroatoms. The molecule has 0 N–H and O–H groups in total. The summed E-state index contributed by atoms with van der Waals surface area (Å²) < 4.78 is 2.02. The third-order valence-corrected chi connectivity index (χ3v) is 5.25. The zero-order chi connectivity index (χ0) is 17.1. The number of para-hydroxylation sites is 1. The molecule has 2 aromatic carbocycles. The summed E-state index contributed by atoms with van der Waals surface area (Å²) in [4.78, 5) is 16.2. The van der Waals surface area contributed by atoms with Crippen LogP contribution in [0.5, 0.6) is 0 Å². The maximum absolute atomic E-state index is 11.7. The topological polar surface area (TPSA) is 34.9 Å². The summed E-state index contributed by atoms with van der Waals surface area (Å²) in [6.45, 7) is 3.49. The molecule has 3 aromatic rings. The lowest BCUT2D eigenvalue weighted by Crippen LogP contribution is -2.10. The second kappa shape index (κ2) is 7.24. The van der Waals surface area contributed by atoms with E-state index in [-0.39, 0.29) is 11.0 Å². The van der Waals surface area contributed by atoms with Crippen molar-refractivity contribution >= 4 is 29.1 Å². The standard InChI is InChI=1S/C19H17ClN2OS/c1-13(23)14(2)24-19-21-12-18(15-8-4-3-5-9-15)22(19)17-11-7-6-10-16(17)20/h3-12,14H,1-2H3. The van der Waals surface area contributed by atoms with Crippen LogP contribution in [0.1, 0.15) is 13.8 Å². The van der Waals surface area contributed by atoms with Gasteiger partial charge in [-0.3, -0.25) is 9.36 Å². The first-order chi connectivity index (χ1) is 11.6. The highest BCUT2D eigenvalue weighted by atomic mass is 35.5. The lowest BCUT2D eigenvalue weighted by atomic mass is 10.1. The number of ketones is 1. The molecule has 0 radical (unpaired) electrons. The SMILES string of the molecule is CC(=O)C(C)Sc1ncc(-c2ccccc2)n1-c1ccccc1Cl. The van der Waals surface area contributed by atoms with Gasteiger partial charge in [-0.1, -0.05) is 65.8 Å². The molecule has 0 aliphatic rings. The maximum atomic E-state index is 11.7. The van der Waals surface area contributed by atoms with Gasteiger partial charge in [0.15, 0.2) is 5.16 Å². The smallest absolute Gasteiger partial charge is 0.173 e. The minimum Gasteiger partial charge on any atom is -0.299 e. The molecule has 0 spiro atoms. The number of carbonyl (C=O) groups excluding carboxylic acids is 1. The molecule has 3 nitrogen and oxygen atoms in total. The quantitative estimate of drug-likeness (QED) is 0.585. The number of aromatic nitrogens is 2. The fraction of sp³-hybridized carbons (Fsp3) is 0.158. The third kappa shape index (κ3) is 3.40. The van der Waals surface area contributed by atoms with Crippen LogP contribution in [0.3, 0.4) is 0 Å². The van der Waals surface area contributed by atoms with Crippen LogP contribution in [0, 0.1) is 0 Å². The van der Waals surface area contributed by atoms with E-state index < -0.39 is 0 Å². The van der Waals surface area contributed by atoms with E-state index in [9.17, 15) is 4.79 Å². The highest BCUT2D eigenvalue weighted by molar-refractivity contribution is 8.00. The number of carbonyl (C=O) groups is 1. The number of Topliss-reactive ketones (excluding diaryl/α,β-unsaturated/α-hetero) is 1. The van der Waals surface area contributed by atoms with Gasteiger partial charge < -0.3 is 0 Å². The molecule has 1 heterocycles. The molecule has 1 unspecified atom stereocenters. The normalized spacial score (nSPS) is 12.1. The largest absolute Gasteiger partial charge is 0.299 e. The highest BCUT2D eigenvalue weighted by Crippen LogP contribution is 2.34. The van der Waals surface area contributed by atoms with Gasteiger partial charge >= 0.3 is 0 Å². The first-order valence-corrected chi connectivity index (χ1v) is 8.89. The van der Waals surface area contributed by atoms with E-state index in [0.29, 0.717) is 5.02 Å². The molecule has 0 amide bonds. The molecule has 0 aliphatic heterocycles. The fourth-order valence-corrected chi connectivity index (χ4v) is 3.46. The molecule has 24 heavy (non-hydrogen) atoms. The van der Waals surface area contributed by atoms with E-state index in [1.54, 1.807) is 6.92 Å². The Morgan fingerprint density at radius 2 is 1.79 bits per heavy atom. The molecular formula is C19H17ClN2OS. The number of halogens is 1. The Morgan fingerprint density at radius 3 is 2.46 bits per heavy atom. The molecule has 1 atom stereocenters. The zero-order valence-corrected chi connectivity index (χ0v) is 15.0. The predicted octanol–water partition coefficient (Wildman–Crippen LogP) is 5.26. The summed E-state index contributed by atoms with van der Waals surface area (Å²) >= 11 is 7.86. The van der Waals surface area contributed by atoms with Gasteiger partial charge in [-0.05, 0) is 26.0 Å². The number of hydrogen-bond acceptors (Lipinski definition) is 3. The highest BCUT2D eigenvalue weighted by Gasteiger charge is 2.19. The van der Waals surface area contributed by atoms with Crippen molar-refractivity contribution in [2.45, 2.75) is 24.3 Å². The summed E-state index contributed by atoms with van der Waals surface area (Å²) in [7, 11) is 0. The number of hydrogen-bond donors (Lipinski definition) is 0. The Labute approximate surface area is 150 Å². The average Bonchev–Trinajstić information content (AvgIpc) is 2.99. The minimum atomic E-state index is -0.169. The first kappa shape index (κ1) is 16.8. The first-order valence-electron chi connectivity index (χ1n) is 7.63. The lowest BCUT2D eigenvalue weighted by Gasteiger charge is -2.15. The van der Waals surface area contributed by atoms with Gasteiger partial charge in [0.2, 0.25) is 0 Å². The van der Waals surface area contributed by atoms with Crippen molar-refractivity contribution < 1.29 is 4.79 Å². The van der Waals surface area contributed by atoms with Crippen molar-refractivity contribution in [3.8, 4) is 16.9 Å². The fourth-order valence-electron chi connectivity index (χ4n) is 2.34. The summed E-state index contributed by atoms with van der Waals surface area (Å²) in [5.74, 6) is 0.120. The van der Waals surface area contributed by atoms with Gasteiger partial charge in [0.1, 0.15) is 5.78 Å². The Bertz CT molecular complexity index is 861. The van der Waals surface area contributed by atoms with Crippen LogP contribution in [-0.2, 0) is 4.79 Å². The predicted molar refractivity (Wildman–Crippen MR) is 100 cm³/mol. The molecule has 0 bridgehead atoms. The average molecular weight is 357 g/mol. The van der Waals surface area contributed by atoms with Gasteiger partial charge in [0, 0.05) is 5.56 Å². The Kier molecular flexibility index (Phi) is 5.07. The van der Waals surface area contributed by atoms with E-state index in [1.807, 2.05) is 72.3 Å². The third-order valence-electron chi connectivity index (χ3n) is 3.75. The number of imidazole rings is 1. The van der Waals surface area contributed by atoms with Gasteiger partial charge in [-0.15, -0.1) is 0 Å². The van der Waals surface area contributed by atoms with Crippen LogP contribution in [0.15, 0.2) is 66.0 Å². The van der Waals surface area contributed by atoms with Crippen LogP contribution in [0.4, 0.5) is 0 Å². The van der Waals surface area contributed by atoms with Gasteiger partial charge in [-0.25, -0.2) is 4.98 Å². The van der Waals surface area contributed by atoms with Crippen molar-refractivity contribution in [2.24, 2.45) is 0 Å². The van der Waals surface area contributed by atoms with Crippen LogP contribution in [0.25, 0.3) is 16.9 Å². The summed E-state index contributed by atoms with van der Waals surface area (Å²) in [5.41, 5.74) is 2.85. The van der Waals surface area contributed by atoms with E-state index in [2.05, 4.69) is 4.98 Å². The van der Waals surface area contributed by atoms with Crippen LogP contribution >= 0.6 is 23.4 Å². The molecule has 122 valence electrons. The molecule has 0 aliphatic carbocycles. The second-order valence-electron chi connectivity index (χ2n) is 5.45. The van der Waals surface area contributed by atoms with Crippen molar-refractivity contribution in [1.82, 2.24) is 9.55 Å². The minimum absolute atomic E-state index is 0.120. The second-order valence-corrected chi connectivity index (χ2v) is 7.16. The van der Waals surface area contributed by atoms with Crippen molar-refractivity contribution in [1.29, 1.82) is 0 Å². The van der Waals surface area contributed by atoms with E-state index in [0.717, 1.165) is 22.1 Å². The number of benzene rings is 2. The van der Waals surface area contributed by atoms with Gasteiger partial charge in [0.05, 0.1) is 27.9 Å². The number of nitrogens with zero attached hydrogens (tertiary/aromatic N) is 2. The lowest BCUT2D eigenvalue weighted by molar-refractivity contribution is -0.116. The molecule has 1 aromatic heterocycles. The molecule has 0 saturated heterocycles. The maximum Gasteiger partial charge on any atom is 0.173 e. The van der Waals surface area contributed by atoms with Crippen molar-refractivity contribution in [2.75, 3.05) is 0 Å². The van der Waals surface area contributed by atoms with Crippen molar-refractivity contribution in [3.63, 3.8) is 0 Å². The molecular weight excluding hydrogens is 340 g/mol. The molecule has 3 rings (SSSR count). The van der Waals surface area contributed by atoms with E-state index in [1.165, 1.54) is 11.8 Å². The van der Waals surface area contributed by atoms with Gasteiger partial charge in [0.25, 0.3) is 0 Å². The monoisotopic (exact) mass is 356 g/mol. The number of rotatable bonds is 5. The summed E-state index contributed by atoms with van der Waals surface area (Å²) in [5, 5.41) is 1.23. The van der Waals surface area contributed by atoms with Crippen LogP contribution in [-0.4, -0.2) is 20.6 Å². The van der Waals surface area contributed by atoms with E-state index >= 15 is 0 Å². The van der Waals surface area contributed by atoms with Crippen molar-refractivity contribution in [3.05, 3.63) is 65.8 Å². The zero-order valence-electron chi connectivity index (χ0n) is 13.4. The van der Waals surface area contributed by atoms with Crippen LogP contribution < -0.4 is 0 Å². The Morgan fingerprint density at radius 1 is 1.12 bits per heavy atom. The summed E-state index contributed by atoms with van der Waals surface area (Å²) in [6.07, 6.45) is 1.83. The van der Waals surface area contributed by atoms with Crippen LogP contribution in [0.2, 0.25) is 5.02 Å². The Hall–Kier alpha value is -2.04. The molecule has 0 fully saturated rings. The number of thioether (sulfide) groups is 1.